The lowest BCUT2D eigenvalue weighted by Crippen LogP contribution is -2.60. The Kier molecular flexibility index (Phi) is 4.79. The Morgan fingerprint density at radius 2 is 1.81 bits per heavy atom. The van der Waals surface area contributed by atoms with Crippen LogP contribution in [0.4, 0.5) is 4.79 Å². The van der Waals surface area contributed by atoms with E-state index in [4.69, 9.17) is 0 Å². The molecule has 2 rings (SSSR count). The maximum absolute atomic E-state index is 12.9. The molecule has 0 unspecified atom stereocenters. The topological polar surface area (TPSA) is 60.9 Å². The lowest BCUT2D eigenvalue weighted by molar-refractivity contribution is -0.148. The molecule has 1 aliphatic heterocycles. The van der Waals surface area contributed by atoms with E-state index in [2.05, 4.69) is 0 Å². The van der Waals surface area contributed by atoms with Crippen LogP contribution in [0, 0.1) is 5.92 Å². The fourth-order valence-electron chi connectivity index (χ4n) is 3.90. The molecule has 5 heteroatoms. The molecule has 0 aromatic rings. The SMILES string of the molecule is CCN(C(=O)N1CCC[C@H]2CCCC[C@H]21)C(C)(C)C(=O)O. The van der Waals surface area contributed by atoms with Gasteiger partial charge in [-0.3, -0.25) is 0 Å². The van der Waals surface area contributed by atoms with Gasteiger partial charge in [-0.1, -0.05) is 12.8 Å². The molecule has 1 N–H and O–H groups in total. The van der Waals surface area contributed by atoms with E-state index in [-0.39, 0.29) is 6.03 Å². The van der Waals surface area contributed by atoms with E-state index in [0.717, 1.165) is 19.4 Å². The standard InChI is InChI=1S/C16H28N2O3/c1-4-18(16(2,3)14(19)20)15(21)17-11-7-9-12-8-5-6-10-13(12)17/h12-13H,4-11H2,1-3H3,(H,19,20)/t12-,13-/m1/s1. The number of carbonyl (C=O) groups excluding carboxylic acids is 1. The summed E-state index contributed by atoms with van der Waals surface area (Å²) in [4.78, 5) is 27.9. The van der Waals surface area contributed by atoms with E-state index in [9.17, 15) is 14.7 Å². The number of urea groups is 1. The Hall–Kier alpha value is -1.26. The van der Waals surface area contributed by atoms with Gasteiger partial charge in [-0.25, -0.2) is 9.59 Å². The first-order valence-corrected chi connectivity index (χ1v) is 8.21. The first-order valence-electron chi connectivity index (χ1n) is 8.21. The summed E-state index contributed by atoms with van der Waals surface area (Å²) in [6.45, 7) is 6.27. The lowest BCUT2D eigenvalue weighted by atomic mass is 9.78. The second-order valence-corrected chi connectivity index (χ2v) is 6.84. The molecule has 5 nitrogen and oxygen atoms in total. The third-order valence-electron chi connectivity index (χ3n) is 5.23. The first kappa shape index (κ1) is 16.1. The third kappa shape index (κ3) is 3.01. The third-order valence-corrected chi connectivity index (χ3v) is 5.23. The van der Waals surface area contributed by atoms with Crippen LogP contribution in [-0.4, -0.2) is 51.6 Å². The van der Waals surface area contributed by atoms with Crippen LogP contribution in [0.25, 0.3) is 0 Å². The Morgan fingerprint density at radius 1 is 1.19 bits per heavy atom. The molecule has 2 atom stereocenters. The molecule has 0 bridgehead atoms. The number of likely N-dealkylation sites (N-methyl/N-ethyl adjacent to an activating group) is 1. The van der Waals surface area contributed by atoms with Crippen LogP contribution in [-0.2, 0) is 4.79 Å². The number of carboxylic acids is 1. The second kappa shape index (κ2) is 6.24. The van der Waals surface area contributed by atoms with Crippen molar-refractivity contribution in [2.45, 2.75) is 70.9 Å². The van der Waals surface area contributed by atoms with E-state index >= 15 is 0 Å². The van der Waals surface area contributed by atoms with E-state index < -0.39 is 11.5 Å². The molecule has 0 aromatic carbocycles. The lowest BCUT2D eigenvalue weighted by Gasteiger charge is -2.47. The summed E-state index contributed by atoms with van der Waals surface area (Å²) < 4.78 is 0. The van der Waals surface area contributed by atoms with Gasteiger partial charge in [0.15, 0.2) is 0 Å². The molecule has 2 aliphatic rings. The van der Waals surface area contributed by atoms with Crippen LogP contribution in [0.5, 0.6) is 0 Å². The number of amides is 2. The van der Waals surface area contributed by atoms with Gasteiger partial charge in [0.05, 0.1) is 0 Å². The summed E-state index contributed by atoms with van der Waals surface area (Å²) >= 11 is 0. The zero-order valence-corrected chi connectivity index (χ0v) is 13.5. The first-order chi connectivity index (χ1) is 9.89. The second-order valence-electron chi connectivity index (χ2n) is 6.84. The molecule has 1 heterocycles. The van der Waals surface area contributed by atoms with Gasteiger partial charge in [-0.15, -0.1) is 0 Å². The van der Waals surface area contributed by atoms with Gasteiger partial charge in [0.1, 0.15) is 5.54 Å². The summed E-state index contributed by atoms with van der Waals surface area (Å²) in [6.07, 6.45) is 6.98. The summed E-state index contributed by atoms with van der Waals surface area (Å²) in [6, 6.07) is 0.222. The molecule has 1 saturated heterocycles. The average Bonchev–Trinajstić information content (AvgIpc) is 2.46. The van der Waals surface area contributed by atoms with Crippen molar-refractivity contribution in [1.29, 1.82) is 0 Å². The van der Waals surface area contributed by atoms with Gasteiger partial charge in [-0.2, -0.15) is 0 Å². The molecular weight excluding hydrogens is 268 g/mol. The van der Waals surface area contributed by atoms with Crippen molar-refractivity contribution < 1.29 is 14.7 Å². The Morgan fingerprint density at radius 3 is 2.43 bits per heavy atom. The number of piperidine rings is 1. The van der Waals surface area contributed by atoms with E-state index in [0.29, 0.717) is 18.5 Å². The smallest absolute Gasteiger partial charge is 0.329 e. The van der Waals surface area contributed by atoms with Gasteiger partial charge in [0.2, 0.25) is 0 Å². The highest BCUT2D eigenvalue weighted by molar-refractivity contribution is 5.85. The van der Waals surface area contributed by atoms with E-state index in [1.54, 1.807) is 13.8 Å². The predicted molar refractivity (Wildman–Crippen MR) is 81.2 cm³/mol. The number of carboxylic acid groups (broad SMARTS) is 1. The maximum atomic E-state index is 12.9. The Labute approximate surface area is 127 Å². The van der Waals surface area contributed by atoms with Crippen molar-refractivity contribution in [3.05, 3.63) is 0 Å². The molecular formula is C16H28N2O3. The summed E-state index contributed by atoms with van der Waals surface area (Å²) in [5.41, 5.74) is -1.16. The number of nitrogens with zero attached hydrogens (tertiary/aromatic N) is 2. The highest BCUT2D eigenvalue weighted by Gasteiger charge is 2.43. The number of aliphatic carboxylic acids is 1. The zero-order chi connectivity index (χ0) is 15.6. The minimum absolute atomic E-state index is 0.0958. The number of likely N-dealkylation sites (tertiary alicyclic amines) is 1. The largest absolute Gasteiger partial charge is 0.480 e. The van der Waals surface area contributed by atoms with Crippen LogP contribution in [0.1, 0.15) is 59.3 Å². The fraction of sp³-hybridized carbons (Fsp3) is 0.875. The fourth-order valence-corrected chi connectivity index (χ4v) is 3.90. The molecule has 0 aromatic heterocycles. The van der Waals surface area contributed by atoms with Crippen molar-refractivity contribution in [3.8, 4) is 0 Å². The Balaban J connectivity index is 2.18. The van der Waals surface area contributed by atoms with Crippen LogP contribution in [0.2, 0.25) is 0 Å². The van der Waals surface area contributed by atoms with Crippen LogP contribution in [0.15, 0.2) is 0 Å². The number of carbonyl (C=O) groups is 2. The van der Waals surface area contributed by atoms with E-state index in [1.807, 2.05) is 11.8 Å². The van der Waals surface area contributed by atoms with Crippen molar-refractivity contribution >= 4 is 12.0 Å². The van der Waals surface area contributed by atoms with Crippen LogP contribution in [0.3, 0.4) is 0 Å². The highest BCUT2D eigenvalue weighted by Crippen LogP contribution is 2.36. The molecule has 0 radical (unpaired) electrons. The van der Waals surface area contributed by atoms with Crippen molar-refractivity contribution in [1.82, 2.24) is 9.80 Å². The van der Waals surface area contributed by atoms with Gasteiger partial charge >= 0.3 is 12.0 Å². The quantitative estimate of drug-likeness (QED) is 0.871. The van der Waals surface area contributed by atoms with Gasteiger partial charge in [0, 0.05) is 19.1 Å². The number of hydrogen-bond acceptors (Lipinski definition) is 2. The molecule has 1 aliphatic carbocycles. The average molecular weight is 296 g/mol. The van der Waals surface area contributed by atoms with E-state index in [1.165, 1.54) is 30.6 Å². The minimum Gasteiger partial charge on any atom is -0.480 e. The zero-order valence-electron chi connectivity index (χ0n) is 13.5. The molecule has 1 saturated carbocycles. The molecule has 120 valence electrons. The minimum atomic E-state index is -1.16. The van der Waals surface area contributed by atoms with Gasteiger partial charge < -0.3 is 14.9 Å². The number of hydrogen-bond donors (Lipinski definition) is 1. The van der Waals surface area contributed by atoms with Crippen molar-refractivity contribution in [3.63, 3.8) is 0 Å². The molecule has 21 heavy (non-hydrogen) atoms. The highest BCUT2D eigenvalue weighted by atomic mass is 16.4. The summed E-state index contributed by atoms with van der Waals surface area (Å²) in [7, 11) is 0. The predicted octanol–water partition coefficient (Wildman–Crippen LogP) is 2.95. The molecule has 2 fully saturated rings. The van der Waals surface area contributed by atoms with Crippen LogP contribution < -0.4 is 0 Å². The normalized spacial score (nSPS) is 26.1. The van der Waals surface area contributed by atoms with Crippen LogP contribution >= 0.6 is 0 Å². The van der Waals surface area contributed by atoms with Crippen molar-refractivity contribution in [2.24, 2.45) is 5.92 Å². The number of fused-ring (bicyclic) bond motifs is 1. The van der Waals surface area contributed by atoms with Gasteiger partial charge in [-0.05, 0) is 52.4 Å². The van der Waals surface area contributed by atoms with Crippen molar-refractivity contribution in [2.75, 3.05) is 13.1 Å². The Bertz CT molecular complexity index is 406. The molecule has 0 spiro atoms. The molecule has 2 amide bonds. The monoisotopic (exact) mass is 296 g/mol. The summed E-state index contributed by atoms with van der Waals surface area (Å²) in [5.74, 6) is -0.335. The maximum Gasteiger partial charge on any atom is 0.329 e. The number of rotatable bonds is 3. The van der Waals surface area contributed by atoms with Gasteiger partial charge in [0.25, 0.3) is 0 Å². The summed E-state index contributed by atoms with van der Waals surface area (Å²) in [5, 5.41) is 9.41.